The molecule has 2 rings (SSSR count). The predicted molar refractivity (Wildman–Crippen MR) is 72.4 cm³/mol. The van der Waals surface area contributed by atoms with Crippen LogP contribution in [0.2, 0.25) is 5.02 Å². The molecule has 2 aromatic heterocycles. The summed E-state index contributed by atoms with van der Waals surface area (Å²) < 4.78 is 1.58. The molecule has 0 fully saturated rings. The van der Waals surface area contributed by atoms with Gasteiger partial charge in [-0.05, 0) is 28.1 Å². The summed E-state index contributed by atoms with van der Waals surface area (Å²) in [6.45, 7) is 4.00. The zero-order chi connectivity index (χ0) is 13.7. The maximum absolute atomic E-state index is 11.0. The van der Waals surface area contributed by atoms with Crippen LogP contribution in [0.25, 0.3) is 5.82 Å². The number of carbonyl (C=O) groups is 1. The van der Waals surface area contributed by atoms with E-state index in [0.29, 0.717) is 9.63 Å². The standard InChI is InChI=1S/C9H5BrClN3O2.C2H6/c10-7-4-6(9(15)16)14(13-7)8-5(11)2-1-3-12-8;1-2/h1-4H,(H,15,16);1-2H3. The molecule has 0 radical (unpaired) electrons. The first-order valence-electron chi connectivity index (χ1n) is 5.19. The van der Waals surface area contributed by atoms with Gasteiger partial charge in [-0.1, -0.05) is 25.4 Å². The number of hydrogen-bond acceptors (Lipinski definition) is 3. The van der Waals surface area contributed by atoms with Gasteiger partial charge in [-0.25, -0.2) is 14.5 Å². The lowest BCUT2D eigenvalue weighted by atomic mass is 10.4. The van der Waals surface area contributed by atoms with Gasteiger partial charge >= 0.3 is 5.97 Å². The first kappa shape index (κ1) is 14.7. The zero-order valence-corrected chi connectivity index (χ0v) is 12.1. The Kier molecular flexibility index (Phi) is 5.30. The van der Waals surface area contributed by atoms with Gasteiger partial charge in [0.1, 0.15) is 4.60 Å². The Hall–Kier alpha value is -1.40. The average Bonchev–Trinajstić information content (AvgIpc) is 2.74. The van der Waals surface area contributed by atoms with Crippen LogP contribution in [0.4, 0.5) is 0 Å². The molecular weight excluding hydrogens is 321 g/mol. The Balaban J connectivity index is 0.000000771. The molecule has 0 aliphatic rings. The molecule has 0 saturated heterocycles. The molecule has 0 aliphatic heterocycles. The van der Waals surface area contributed by atoms with E-state index in [1.165, 1.54) is 16.9 Å². The van der Waals surface area contributed by atoms with Gasteiger partial charge in [-0.2, -0.15) is 5.10 Å². The minimum Gasteiger partial charge on any atom is -0.477 e. The van der Waals surface area contributed by atoms with Crippen LogP contribution in [-0.4, -0.2) is 25.8 Å². The highest BCUT2D eigenvalue weighted by Crippen LogP contribution is 2.20. The van der Waals surface area contributed by atoms with Crippen molar-refractivity contribution < 1.29 is 9.90 Å². The van der Waals surface area contributed by atoms with Gasteiger partial charge in [-0.15, -0.1) is 0 Å². The van der Waals surface area contributed by atoms with Crippen LogP contribution in [0, 0.1) is 0 Å². The highest BCUT2D eigenvalue weighted by molar-refractivity contribution is 9.10. The predicted octanol–water partition coefficient (Wildman–Crippen LogP) is 3.41. The number of nitrogens with zero attached hydrogens (tertiary/aromatic N) is 3. The van der Waals surface area contributed by atoms with Gasteiger partial charge in [0.2, 0.25) is 0 Å². The monoisotopic (exact) mass is 331 g/mol. The molecule has 7 heteroatoms. The topological polar surface area (TPSA) is 68.0 Å². The first-order valence-corrected chi connectivity index (χ1v) is 6.36. The molecular formula is C11H11BrClN3O2. The summed E-state index contributed by atoms with van der Waals surface area (Å²) >= 11 is 9.02. The number of carboxylic acid groups (broad SMARTS) is 1. The van der Waals surface area contributed by atoms with Gasteiger partial charge in [0, 0.05) is 12.3 Å². The van der Waals surface area contributed by atoms with Crippen molar-refractivity contribution in [2.75, 3.05) is 0 Å². The highest BCUT2D eigenvalue weighted by Gasteiger charge is 2.17. The van der Waals surface area contributed by atoms with E-state index >= 15 is 0 Å². The van der Waals surface area contributed by atoms with E-state index in [0.717, 1.165) is 0 Å². The number of rotatable bonds is 2. The molecule has 0 spiro atoms. The lowest BCUT2D eigenvalue weighted by molar-refractivity contribution is 0.0687. The Morgan fingerprint density at radius 2 is 2.17 bits per heavy atom. The molecule has 0 aliphatic carbocycles. The molecule has 0 atom stereocenters. The molecule has 96 valence electrons. The van der Waals surface area contributed by atoms with E-state index in [1.54, 1.807) is 12.1 Å². The number of aromatic nitrogens is 3. The van der Waals surface area contributed by atoms with E-state index in [-0.39, 0.29) is 11.5 Å². The first-order chi connectivity index (χ1) is 8.59. The van der Waals surface area contributed by atoms with Crippen molar-refractivity contribution in [3.63, 3.8) is 0 Å². The van der Waals surface area contributed by atoms with E-state index in [2.05, 4.69) is 26.0 Å². The number of halogens is 2. The van der Waals surface area contributed by atoms with Crippen molar-refractivity contribution in [3.05, 3.63) is 39.7 Å². The quantitative estimate of drug-likeness (QED) is 0.915. The minimum atomic E-state index is -1.10. The summed E-state index contributed by atoms with van der Waals surface area (Å²) in [5, 5.41) is 13.3. The van der Waals surface area contributed by atoms with Crippen LogP contribution >= 0.6 is 27.5 Å². The molecule has 1 N–H and O–H groups in total. The maximum Gasteiger partial charge on any atom is 0.354 e. The van der Waals surface area contributed by atoms with Crippen LogP contribution < -0.4 is 0 Å². The zero-order valence-electron chi connectivity index (χ0n) is 9.76. The second-order valence-electron chi connectivity index (χ2n) is 2.88. The number of carboxylic acids is 1. The van der Waals surface area contributed by atoms with Gasteiger partial charge in [0.05, 0.1) is 5.02 Å². The number of hydrogen-bond donors (Lipinski definition) is 1. The lowest BCUT2D eigenvalue weighted by Gasteiger charge is -2.04. The van der Waals surface area contributed by atoms with Crippen LogP contribution in [0.1, 0.15) is 24.3 Å². The van der Waals surface area contributed by atoms with E-state index in [4.69, 9.17) is 16.7 Å². The third-order valence-corrected chi connectivity index (χ3v) is 2.52. The van der Waals surface area contributed by atoms with Gasteiger partial charge < -0.3 is 5.11 Å². The second-order valence-corrected chi connectivity index (χ2v) is 4.10. The molecule has 2 aromatic rings. The SMILES string of the molecule is CC.O=C(O)c1cc(Br)nn1-c1ncccc1Cl. The van der Waals surface area contributed by atoms with Crippen LogP contribution in [0.3, 0.4) is 0 Å². The van der Waals surface area contributed by atoms with Crippen molar-refractivity contribution in [2.24, 2.45) is 0 Å². The fraction of sp³-hybridized carbons (Fsp3) is 0.182. The molecule has 5 nitrogen and oxygen atoms in total. The fourth-order valence-electron chi connectivity index (χ4n) is 1.20. The maximum atomic E-state index is 11.0. The van der Waals surface area contributed by atoms with E-state index < -0.39 is 5.97 Å². The number of pyridine rings is 1. The van der Waals surface area contributed by atoms with Crippen LogP contribution in [-0.2, 0) is 0 Å². The van der Waals surface area contributed by atoms with Crippen LogP contribution in [0.5, 0.6) is 0 Å². The molecule has 0 saturated carbocycles. The molecule has 2 heterocycles. The van der Waals surface area contributed by atoms with Crippen molar-refractivity contribution in [1.29, 1.82) is 0 Å². The summed E-state index contributed by atoms with van der Waals surface area (Å²) in [5.74, 6) is -0.813. The molecule has 18 heavy (non-hydrogen) atoms. The molecule has 0 aromatic carbocycles. The Labute approximate surface area is 118 Å². The third kappa shape index (κ3) is 3.08. The highest BCUT2D eigenvalue weighted by atomic mass is 79.9. The van der Waals surface area contributed by atoms with Gasteiger partial charge in [0.25, 0.3) is 0 Å². The van der Waals surface area contributed by atoms with E-state index in [1.807, 2.05) is 13.8 Å². The van der Waals surface area contributed by atoms with Crippen molar-refractivity contribution in [1.82, 2.24) is 14.8 Å². The smallest absolute Gasteiger partial charge is 0.354 e. The summed E-state index contributed by atoms with van der Waals surface area (Å²) in [6, 6.07) is 4.66. The summed E-state index contributed by atoms with van der Waals surface area (Å²) in [6.07, 6.45) is 1.52. The Morgan fingerprint density at radius 3 is 2.72 bits per heavy atom. The molecule has 0 unspecified atom stereocenters. The van der Waals surface area contributed by atoms with Crippen molar-refractivity contribution in [3.8, 4) is 5.82 Å². The Morgan fingerprint density at radius 1 is 1.50 bits per heavy atom. The van der Waals surface area contributed by atoms with Crippen molar-refractivity contribution in [2.45, 2.75) is 13.8 Å². The average molecular weight is 333 g/mol. The normalized spacial score (nSPS) is 9.56. The van der Waals surface area contributed by atoms with Crippen molar-refractivity contribution >= 4 is 33.5 Å². The van der Waals surface area contributed by atoms with E-state index in [9.17, 15) is 4.79 Å². The second kappa shape index (κ2) is 6.51. The third-order valence-electron chi connectivity index (χ3n) is 1.84. The molecule has 0 bridgehead atoms. The van der Waals surface area contributed by atoms with Gasteiger partial charge in [-0.3, -0.25) is 0 Å². The lowest BCUT2D eigenvalue weighted by Crippen LogP contribution is -2.09. The van der Waals surface area contributed by atoms with Crippen LogP contribution in [0.15, 0.2) is 29.0 Å². The van der Waals surface area contributed by atoms with Gasteiger partial charge in [0.15, 0.2) is 11.5 Å². The summed E-state index contributed by atoms with van der Waals surface area (Å²) in [7, 11) is 0. The molecule has 0 amide bonds. The largest absolute Gasteiger partial charge is 0.477 e. The fourth-order valence-corrected chi connectivity index (χ4v) is 1.78. The number of aromatic carboxylic acids is 1. The Bertz CT molecular complexity index is 557. The minimum absolute atomic E-state index is 0.00697. The summed E-state index contributed by atoms with van der Waals surface area (Å²) in [4.78, 5) is 15.0. The summed E-state index contributed by atoms with van der Waals surface area (Å²) in [5.41, 5.74) is -0.00697.